The molecule has 25 heavy (non-hydrogen) atoms. The van der Waals surface area contributed by atoms with Gasteiger partial charge in [-0.15, -0.1) is 0 Å². The first-order chi connectivity index (χ1) is 11.9. The standard InChI is InChI=1S/C19H26N4O2/c1-19(2,3)23-14-15(13-20-23)18(24)22-11-9-21(10-12-22)16-7-5-6-8-17(16)25-4/h5-8,13-14H,9-12H2,1-4H3. The Bertz CT molecular complexity index is 740. The second kappa shape index (κ2) is 6.78. The van der Waals surface area contributed by atoms with Crippen molar-refractivity contribution in [1.82, 2.24) is 14.7 Å². The molecule has 0 aliphatic carbocycles. The van der Waals surface area contributed by atoms with E-state index in [9.17, 15) is 4.79 Å². The third-order valence-corrected chi connectivity index (χ3v) is 4.51. The molecule has 6 heteroatoms. The molecule has 1 aromatic carbocycles. The first-order valence-electron chi connectivity index (χ1n) is 8.62. The van der Waals surface area contributed by atoms with Crippen LogP contribution in [-0.4, -0.2) is 53.9 Å². The molecule has 1 saturated heterocycles. The third-order valence-electron chi connectivity index (χ3n) is 4.51. The van der Waals surface area contributed by atoms with Crippen LogP contribution < -0.4 is 9.64 Å². The summed E-state index contributed by atoms with van der Waals surface area (Å²) in [6.45, 7) is 9.18. The van der Waals surface area contributed by atoms with E-state index in [0.717, 1.165) is 24.5 Å². The maximum absolute atomic E-state index is 12.7. The van der Waals surface area contributed by atoms with Gasteiger partial charge < -0.3 is 14.5 Å². The Morgan fingerprint density at radius 1 is 1.12 bits per heavy atom. The first-order valence-corrected chi connectivity index (χ1v) is 8.62. The fraction of sp³-hybridized carbons (Fsp3) is 0.474. The molecule has 134 valence electrons. The number of amides is 1. The van der Waals surface area contributed by atoms with E-state index in [4.69, 9.17) is 4.74 Å². The van der Waals surface area contributed by atoms with Crippen molar-refractivity contribution in [3.8, 4) is 5.75 Å². The van der Waals surface area contributed by atoms with Gasteiger partial charge in [0.15, 0.2) is 0 Å². The van der Waals surface area contributed by atoms with Crippen LogP contribution in [0.2, 0.25) is 0 Å². The van der Waals surface area contributed by atoms with Crippen molar-refractivity contribution in [2.24, 2.45) is 0 Å². The molecule has 6 nitrogen and oxygen atoms in total. The number of methoxy groups -OCH3 is 1. The van der Waals surface area contributed by atoms with E-state index >= 15 is 0 Å². The lowest BCUT2D eigenvalue weighted by atomic mass is 10.1. The topological polar surface area (TPSA) is 50.6 Å². The van der Waals surface area contributed by atoms with E-state index in [-0.39, 0.29) is 11.4 Å². The Morgan fingerprint density at radius 3 is 2.40 bits per heavy atom. The summed E-state index contributed by atoms with van der Waals surface area (Å²) in [6.07, 6.45) is 3.51. The van der Waals surface area contributed by atoms with E-state index in [0.29, 0.717) is 18.7 Å². The lowest BCUT2D eigenvalue weighted by Crippen LogP contribution is -2.48. The zero-order valence-electron chi connectivity index (χ0n) is 15.4. The van der Waals surface area contributed by atoms with Crippen LogP contribution in [0.3, 0.4) is 0 Å². The molecule has 0 atom stereocenters. The smallest absolute Gasteiger partial charge is 0.257 e. The van der Waals surface area contributed by atoms with Gasteiger partial charge in [-0.3, -0.25) is 9.48 Å². The minimum atomic E-state index is -0.124. The summed E-state index contributed by atoms with van der Waals surface area (Å²) in [5, 5.41) is 4.33. The average Bonchev–Trinajstić information content (AvgIpc) is 3.12. The fourth-order valence-electron chi connectivity index (χ4n) is 3.02. The molecule has 2 aromatic rings. The Balaban J connectivity index is 1.66. The molecule has 2 heterocycles. The van der Waals surface area contributed by atoms with Gasteiger partial charge in [-0.2, -0.15) is 5.10 Å². The first kappa shape index (κ1) is 17.3. The second-order valence-corrected chi connectivity index (χ2v) is 7.30. The molecule has 0 unspecified atom stereocenters. The van der Waals surface area contributed by atoms with Crippen LogP contribution in [0.5, 0.6) is 5.75 Å². The fourth-order valence-corrected chi connectivity index (χ4v) is 3.02. The van der Waals surface area contributed by atoms with E-state index in [1.165, 1.54) is 0 Å². The number of carbonyl (C=O) groups excluding carboxylic acids is 1. The van der Waals surface area contributed by atoms with Gasteiger partial charge in [0.05, 0.1) is 30.1 Å². The number of ether oxygens (including phenoxy) is 1. The molecule has 1 aliphatic rings. The van der Waals surface area contributed by atoms with E-state index in [2.05, 4.69) is 36.8 Å². The number of para-hydroxylation sites is 2. The predicted octanol–water partition coefficient (Wildman–Crippen LogP) is 2.61. The molecule has 1 amide bonds. The summed E-state index contributed by atoms with van der Waals surface area (Å²) in [5.41, 5.74) is 1.61. The molecule has 0 bridgehead atoms. The largest absolute Gasteiger partial charge is 0.495 e. The van der Waals surface area contributed by atoms with Crippen LogP contribution in [0.15, 0.2) is 36.7 Å². The number of hydrogen-bond acceptors (Lipinski definition) is 4. The van der Waals surface area contributed by atoms with E-state index in [1.807, 2.05) is 34.0 Å². The number of rotatable bonds is 3. The maximum Gasteiger partial charge on any atom is 0.257 e. The average molecular weight is 342 g/mol. The third kappa shape index (κ3) is 3.62. The molecule has 0 saturated carbocycles. The molecule has 0 radical (unpaired) electrons. The number of benzene rings is 1. The van der Waals surface area contributed by atoms with Gasteiger partial charge in [-0.25, -0.2) is 0 Å². The Morgan fingerprint density at radius 2 is 1.80 bits per heavy atom. The van der Waals surface area contributed by atoms with Crippen LogP contribution in [-0.2, 0) is 5.54 Å². The Hall–Kier alpha value is -2.50. The zero-order valence-corrected chi connectivity index (χ0v) is 15.4. The normalized spacial score (nSPS) is 15.4. The van der Waals surface area contributed by atoms with Gasteiger partial charge in [-0.05, 0) is 32.9 Å². The highest BCUT2D eigenvalue weighted by Gasteiger charge is 2.25. The number of piperazine rings is 1. The summed E-state index contributed by atoms with van der Waals surface area (Å²) >= 11 is 0. The van der Waals surface area contributed by atoms with Crippen LogP contribution in [0, 0.1) is 0 Å². The van der Waals surface area contributed by atoms with E-state index < -0.39 is 0 Å². The summed E-state index contributed by atoms with van der Waals surface area (Å²) in [4.78, 5) is 16.9. The summed E-state index contributed by atoms with van der Waals surface area (Å²) < 4.78 is 7.28. The quantitative estimate of drug-likeness (QED) is 0.860. The monoisotopic (exact) mass is 342 g/mol. The summed E-state index contributed by atoms with van der Waals surface area (Å²) in [7, 11) is 1.69. The van der Waals surface area contributed by atoms with Crippen molar-refractivity contribution in [3.05, 3.63) is 42.2 Å². The number of aromatic nitrogens is 2. The molecule has 3 rings (SSSR count). The van der Waals surface area contributed by atoms with Gasteiger partial charge >= 0.3 is 0 Å². The second-order valence-electron chi connectivity index (χ2n) is 7.30. The predicted molar refractivity (Wildman–Crippen MR) is 98.3 cm³/mol. The molecule has 1 fully saturated rings. The lowest BCUT2D eigenvalue weighted by molar-refractivity contribution is 0.0746. The molecular formula is C19H26N4O2. The van der Waals surface area contributed by atoms with Crippen molar-refractivity contribution in [2.45, 2.75) is 26.3 Å². The van der Waals surface area contributed by atoms with Crippen molar-refractivity contribution >= 4 is 11.6 Å². The van der Waals surface area contributed by atoms with Crippen molar-refractivity contribution in [2.75, 3.05) is 38.2 Å². The Labute approximate surface area is 149 Å². The number of anilines is 1. The minimum absolute atomic E-state index is 0.0511. The van der Waals surface area contributed by atoms with Crippen molar-refractivity contribution < 1.29 is 9.53 Å². The molecule has 0 N–H and O–H groups in total. The van der Waals surface area contributed by atoms with Crippen LogP contribution in [0.4, 0.5) is 5.69 Å². The minimum Gasteiger partial charge on any atom is -0.495 e. The van der Waals surface area contributed by atoms with Crippen molar-refractivity contribution in [3.63, 3.8) is 0 Å². The molecule has 1 aliphatic heterocycles. The highest BCUT2D eigenvalue weighted by Crippen LogP contribution is 2.28. The van der Waals surface area contributed by atoms with Crippen LogP contribution in [0.25, 0.3) is 0 Å². The Kier molecular flexibility index (Phi) is 4.70. The van der Waals surface area contributed by atoms with Gasteiger partial charge in [0.2, 0.25) is 0 Å². The van der Waals surface area contributed by atoms with Gasteiger partial charge in [-0.1, -0.05) is 12.1 Å². The highest BCUT2D eigenvalue weighted by atomic mass is 16.5. The van der Waals surface area contributed by atoms with Crippen LogP contribution in [0.1, 0.15) is 31.1 Å². The highest BCUT2D eigenvalue weighted by molar-refractivity contribution is 5.94. The lowest BCUT2D eigenvalue weighted by Gasteiger charge is -2.36. The number of nitrogens with zero attached hydrogens (tertiary/aromatic N) is 4. The van der Waals surface area contributed by atoms with Crippen molar-refractivity contribution in [1.29, 1.82) is 0 Å². The molecular weight excluding hydrogens is 316 g/mol. The zero-order chi connectivity index (χ0) is 18.0. The van der Waals surface area contributed by atoms with Gasteiger partial charge in [0, 0.05) is 32.4 Å². The SMILES string of the molecule is COc1ccccc1N1CCN(C(=O)c2cnn(C(C)(C)C)c2)CC1. The number of hydrogen-bond donors (Lipinski definition) is 0. The molecule has 0 spiro atoms. The summed E-state index contributed by atoms with van der Waals surface area (Å²) in [5.74, 6) is 0.920. The van der Waals surface area contributed by atoms with E-state index in [1.54, 1.807) is 13.3 Å². The van der Waals surface area contributed by atoms with Gasteiger partial charge in [0.1, 0.15) is 5.75 Å². The van der Waals surface area contributed by atoms with Gasteiger partial charge in [0.25, 0.3) is 5.91 Å². The maximum atomic E-state index is 12.7. The van der Waals surface area contributed by atoms with Crippen LogP contribution >= 0.6 is 0 Å². The molecule has 1 aromatic heterocycles. The summed E-state index contributed by atoms with van der Waals surface area (Å²) in [6, 6.07) is 8.00. The number of carbonyl (C=O) groups is 1.